The summed E-state index contributed by atoms with van der Waals surface area (Å²) in [6.07, 6.45) is 2.36. The molecule has 0 aliphatic rings. The van der Waals surface area contributed by atoms with Crippen LogP contribution in [-0.2, 0) is 6.54 Å². The number of carbonyl (C=O) groups excluding carboxylic acids is 1. The topological polar surface area (TPSA) is 68.5 Å². The van der Waals surface area contributed by atoms with Crippen molar-refractivity contribution in [1.29, 1.82) is 0 Å². The van der Waals surface area contributed by atoms with Gasteiger partial charge in [0.15, 0.2) is 11.6 Å². The molecule has 0 fully saturated rings. The van der Waals surface area contributed by atoms with Crippen LogP contribution in [0.2, 0.25) is 0 Å². The minimum atomic E-state index is -0.628. The Kier molecular flexibility index (Phi) is 6.90. The van der Waals surface area contributed by atoms with E-state index in [0.717, 1.165) is 24.2 Å². The lowest BCUT2D eigenvalue weighted by molar-refractivity contribution is 0.0995. The van der Waals surface area contributed by atoms with Crippen molar-refractivity contribution in [3.63, 3.8) is 0 Å². The number of nitrogens with two attached hydrogens (primary N) is 1. The molecule has 162 valence electrons. The van der Waals surface area contributed by atoms with Crippen LogP contribution in [0.25, 0.3) is 0 Å². The van der Waals surface area contributed by atoms with Gasteiger partial charge >= 0.3 is 0 Å². The van der Waals surface area contributed by atoms with Gasteiger partial charge in [0.2, 0.25) is 0 Å². The molecular weight excluding hydrogens is 393 g/mol. The van der Waals surface area contributed by atoms with Crippen LogP contribution in [0.4, 0.5) is 10.1 Å². The average molecular weight is 422 g/mol. The number of aromatic nitrogens is 1. The van der Waals surface area contributed by atoms with E-state index in [-0.39, 0.29) is 16.9 Å². The quantitative estimate of drug-likeness (QED) is 0.517. The predicted octanol–water partition coefficient (Wildman–Crippen LogP) is 5.55. The molecule has 0 unspecified atom stereocenters. The summed E-state index contributed by atoms with van der Waals surface area (Å²) in [6, 6.07) is 18.1. The highest BCUT2D eigenvalue weighted by molar-refractivity contribution is 5.90. The third kappa shape index (κ3) is 6.54. The van der Waals surface area contributed by atoms with Crippen molar-refractivity contribution in [2.45, 2.75) is 33.7 Å². The Morgan fingerprint density at radius 1 is 1.10 bits per heavy atom. The van der Waals surface area contributed by atoms with Crippen LogP contribution in [0.15, 0.2) is 66.9 Å². The van der Waals surface area contributed by atoms with E-state index in [0.29, 0.717) is 12.3 Å². The van der Waals surface area contributed by atoms with Crippen molar-refractivity contribution < 1.29 is 13.9 Å². The van der Waals surface area contributed by atoms with E-state index in [1.807, 2.05) is 24.3 Å². The first-order valence-electron chi connectivity index (χ1n) is 10.2. The molecular formula is C25H28FN3O2. The maximum Gasteiger partial charge on any atom is 0.267 e. The number of hydrogen-bond donors (Lipinski definition) is 1. The molecule has 0 radical (unpaired) electrons. The fraction of sp³-hybridized carbons (Fsp3) is 0.280. The zero-order valence-electron chi connectivity index (χ0n) is 18.1. The van der Waals surface area contributed by atoms with Crippen LogP contribution in [0.1, 0.15) is 43.2 Å². The van der Waals surface area contributed by atoms with Gasteiger partial charge in [-0.25, -0.2) is 9.37 Å². The fourth-order valence-electron chi connectivity index (χ4n) is 3.07. The number of hydrogen-bond acceptors (Lipinski definition) is 4. The Balaban J connectivity index is 1.74. The van der Waals surface area contributed by atoms with Gasteiger partial charge in [-0.05, 0) is 53.8 Å². The van der Waals surface area contributed by atoms with E-state index in [1.54, 1.807) is 6.07 Å². The second-order valence-corrected chi connectivity index (χ2v) is 8.68. The summed E-state index contributed by atoms with van der Waals surface area (Å²) in [6.45, 7) is 8.10. The van der Waals surface area contributed by atoms with Crippen LogP contribution in [0, 0.1) is 11.2 Å². The van der Waals surface area contributed by atoms with Gasteiger partial charge in [-0.15, -0.1) is 0 Å². The van der Waals surface area contributed by atoms with Crippen LogP contribution in [-0.4, -0.2) is 17.4 Å². The Hall–Kier alpha value is -3.41. The van der Waals surface area contributed by atoms with Crippen LogP contribution in [0.5, 0.6) is 11.5 Å². The highest BCUT2D eigenvalue weighted by Crippen LogP contribution is 2.27. The minimum Gasteiger partial charge on any atom is -0.453 e. The van der Waals surface area contributed by atoms with Crippen molar-refractivity contribution in [1.82, 2.24) is 4.98 Å². The monoisotopic (exact) mass is 421 g/mol. The van der Waals surface area contributed by atoms with Crippen molar-refractivity contribution in [3.05, 3.63) is 83.9 Å². The van der Waals surface area contributed by atoms with E-state index < -0.39 is 11.7 Å². The number of nitrogens with zero attached hydrogens (tertiary/aromatic N) is 2. The lowest BCUT2D eigenvalue weighted by Crippen LogP contribution is -2.27. The van der Waals surface area contributed by atoms with Gasteiger partial charge < -0.3 is 15.4 Å². The number of pyridine rings is 1. The van der Waals surface area contributed by atoms with Crippen molar-refractivity contribution >= 4 is 11.6 Å². The van der Waals surface area contributed by atoms with Gasteiger partial charge in [-0.2, -0.15) is 0 Å². The minimum absolute atomic E-state index is 0.0957. The Labute approximate surface area is 182 Å². The maximum absolute atomic E-state index is 14.7. The van der Waals surface area contributed by atoms with Gasteiger partial charge in [-0.1, -0.05) is 45.0 Å². The molecule has 0 saturated heterocycles. The SMILES string of the molecule is CC(C)(C)CCN(Cc1ccc(Oc2ccc(C(N)=O)nc2)c(F)c1)c1ccccc1. The Morgan fingerprint density at radius 3 is 2.42 bits per heavy atom. The molecule has 1 heterocycles. The highest BCUT2D eigenvalue weighted by atomic mass is 19.1. The summed E-state index contributed by atoms with van der Waals surface area (Å²) in [7, 11) is 0. The molecule has 0 saturated carbocycles. The van der Waals surface area contributed by atoms with Crippen LogP contribution < -0.4 is 15.4 Å². The number of para-hydroxylation sites is 1. The normalized spacial score (nSPS) is 11.2. The Morgan fingerprint density at radius 2 is 1.84 bits per heavy atom. The number of carbonyl (C=O) groups is 1. The van der Waals surface area contributed by atoms with Crippen LogP contribution in [0.3, 0.4) is 0 Å². The van der Waals surface area contributed by atoms with Crippen molar-refractivity contribution in [2.24, 2.45) is 11.1 Å². The summed E-state index contributed by atoms with van der Waals surface area (Å²) in [5.41, 5.74) is 7.46. The number of benzene rings is 2. The maximum atomic E-state index is 14.7. The number of anilines is 1. The molecule has 0 spiro atoms. The largest absolute Gasteiger partial charge is 0.453 e. The second kappa shape index (κ2) is 9.60. The van der Waals surface area contributed by atoms with Crippen molar-refractivity contribution in [3.8, 4) is 11.5 Å². The summed E-state index contributed by atoms with van der Waals surface area (Å²) in [5.74, 6) is -0.664. The van der Waals surface area contributed by atoms with E-state index in [2.05, 4.69) is 42.8 Å². The zero-order chi connectivity index (χ0) is 22.4. The summed E-state index contributed by atoms with van der Waals surface area (Å²) >= 11 is 0. The molecule has 0 bridgehead atoms. The van der Waals surface area contributed by atoms with E-state index in [1.165, 1.54) is 24.4 Å². The average Bonchev–Trinajstić information content (AvgIpc) is 2.73. The number of rotatable bonds is 8. The summed E-state index contributed by atoms with van der Waals surface area (Å²) < 4.78 is 20.3. The lowest BCUT2D eigenvalue weighted by atomic mass is 9.92. The Bertz CT molecular complexity index is 1020. The first-order chi connectivity index (χ1) is 14.7. The van der Waals surface area contributed by atoms with Gasteiger partial charge in [0.25, 0.3) is 5.91 Å². The molecule has 0 atom stereocenters. The number of ether oxygens (including phenoxy) is 1. The molecule has 0 aliphatic carbocycles. The van der Waals surface area contributed by atoms with Crippen molar-refractivity contribution in [2.75, 3.05) is 11.4 Å². The van der Waals surface area contributed by atoms with E-state index in [4.69, 9.17) is 10.5 Å². The molecule has 1 aromatic heterocycles. The molecule has 0 aliphatic heterocycles. The summed E-state index contributed by atoms with van der Waals surface area (Å²) in [5, 5.41) is 0. The third-order valence-corrected chi connectivity index (χ3v) is 4.84. The molecule has 6 heteroatoms. The first kappa shape index (κ1) is 22.3. The summed E-state index contributed by atoms with van der Waals surface area (Å²) in [4.78, 5) is 17.3. The molecule has 2 N–H and O–H groups in total. The van der Waals surface area contributed by atoms with Gasteiger partial charge in [0, 0.05) is 18.8 Å². The van der Waals surface area contributed by atoms with E-state index in [9.17, 15) is 9.18 Å². The smallest absolute Gasteiger partial charge is 0.267 e. The molecule has 3 aromatic rings. The molecule has 3 rings (SSSR count). The predicted molar refractivity (Wildman–Crippen MR) is 121 cm³/mol. The standard InChI is InChI=1S/C25H28FN3O2/c1-25(2,3)13-14-29(19-7-5-4-6-8-19)17-18-9-12-23(21(26)15-18)31-20-10-11-22(24(27)30)28-16-20/h4-12,15-16H,13-14,17H2,1-3H3,(H2,27,30). The molecule has 31 heavy (non-hydrogen) atoms. The first-order valence-corrected chi connectivity index (χ1v) is 10.2. The van der Waals surface area contributed by atoms with Gasteiger partial charge in [0.05, 0.1) is 6.20 Å². The lowest BCUT2D eigenvalue weighted by Gasteiger charge is -2.29. The molecule has 1 amide bonds. The number of amides is 1. The molecule has 2 aromatic carbocycles. The fourth-order valence-corrected chi connectivity index (χ4v) is 3.07. The number of primary amides is 1. The molecule has 5 nitrogen and oxygen atoms in total. The zero-order valence-corrected chi connectivity index (χ0v) is 18.1. The number of halogens is 1. The van der Waals surface area contributed by atoms with E-state index >= 15 is 0 Å². The van der Waals surface area contributed by atoms with Gasteiger partial charge in [-0.3, -0.25) is 4.79 Å². The second-order valence-electron chi connectivity index (χ2n) is 8.68. The van der Waals surface area contributed by atoms with Gasteiger partial charge in [0.1, 0.15) is 11.4 Å². The third-order valence-electron chi connectivity index (χ3n) is 4.84. The highest BCUT2D eigenvalue weighted by Gasteiger charge is 2.15. The van der Waals surface area contributed by atoms with Crippen LogP contribution >= 0.6 is 0 Å².